The van der Waals surface area contributed by atoms with Crippen LogP contribution in [0.25, 0.3) is 0 Å². The highest BCUT2D eigenvalue weighted by Crippen LogP contribution is 2.17. The normalized spacial score (nSPS) is 19.1. The third-order valence-electron chi connectivity index (χ3n) is 3.32. The van der Waals surface area contributed by atoms with Crippen molar-refractivity contribution in [3.8, 4) is 11.8 Å². The molecule has 1 aromatic carbocycles. The van der Waals surface area contributed by atoms with Crippen molar-refractivity contribution in [3.63, 3.8) is 0 Å². The van der Waals surface area contributed by atoms with Crippen molar-refractivity contribution < 1.29 is 24.2 Å². The molecule has 22 heavy (non-hydrogen) atoms. The van der Waals surface area contributed by atoms with E-state index >= 15 is 0 Å². The van der Waals surface area contributed by atoms with Gasteiger partial charge in [0.05, 0.1) is 24.8 Å². The number of hydrogen-bond donors (Lipinski definition) is 1. The second-order valence-corrected chi connectivity index (χ2v) is 4.86. The van der Waals surface area contributed by atoms with Crippen LogP contribution in [0.2, 0.25) is 0 Å². The van der Waals surface area contributed by atoms with Crippen molar-refractivity contribution in [3.05, 3.63) is 29.8 Å². The molecule has 1 heterocycles. The molecular weight excluding hydrogens is 288 g/mol. The Bertz CT molecular complexity index is 610. The fourth-order valence-corrected chi connectivity index (χ4v) is 2.20. The average molecular weight is 304 g/mol. The van der Waals surface area contributed by atoms with Crippen molar-refractivity contribution in [1.29, 1.82) is 5.26 Å². The Morgan fingerprint density at radius 1 is 1.55 bits per heavy atom. The van der Waals surface area contributed by atoms with Gasteiger partial charge < -0.3 is 19.5 Å². The first-order valence-corrected chi connectivity index (χ1v) is 6.80. The molecule has 0 aromatic heterocycles. The molecule has 0 aliphatic carbocycles. The van der Waals surface area contributed by atoms with Crippen LogP contribution in [0.4, 0.5) is 0 Å². The van der Waals surface area contributed by atoms with E-state index in [-0.39, 0.29) is 13.2 Å². The van der Waals surface area contributed by atoms with Gasteiger partial charge in [0.1, 0.15) is 5.75 Å². The van der Waals surface area contributed by atoms with E-state index in [0.29, 0.717) is 17.9 Å². The van der Waals surface area contributed by atoms with Crippen molar-refractivity contribution >= 4 is 11.9 Å². The molecule has 7 nitrogen and oxygen atoms in total. The number of ether oxygens (including phenoxy) is 2. The summed E-state index contributed by atoms with van der Waals surface area (Å²) in [5.41, 5.74) is 0.423. The topological polar surface area (TPSA) is 99.9 Å². The summed E-state index contributed by atoms with van der Waals surface area (Å²) < 4.78 is 10.6. The maximum atomic E-state index is 12.4. The highest BCUT2D eigenvalue weighted by Gasteiger charge is 2.35. The monoisotopic (exact) mass is 304 g/mol. The number of amides is 1. The second kappa shape index (κ2) is 6.91. The zero-order chi connectivity index (χ0) is 16.1. The summed E-state index contributed by atoms with van der Waals surface area (Å²) in [5.74, 6) is -1.13. The van der Waals surface area contributed by atoms with Gasteiger partial charge in [-0.2, -0.15) is 5.26 Å². The van der Waals surface area contributed by atoms with Crippen LogP contribution in [-0.4, -0.2) is 53.8 Å². The Kier molecular flexibility index (Phi) is 4.96. The molecule has 1 N–H and O–H groups in total. The Balaban J connectivity index is 2.07. The van der Waals surface area contributed by atoms with Crippen molar-refractivity contribution in [2.45, 2.75) is 19.1 Å². The summed E-state index contributed by atoms with van der Waals surface area (Å²) in [4.78, 5) is 24.8. The zero-order valence-electron chi connectivity index (χ0n) is 12.1. The van der Waals surface area contributed by atoms with Gasteiger partial charge in [-0.3, -0.25) is 4.79 Å². The molecule has 116 valence electrons. The van der Waals surface area contributed by atoms with Crippen LogP contribution in [0.15, 0.2) is 24.3 Å². The van der Waals surface area contributed by atoms with E-state index in [9.17, 15) is 9.59 Å². The van der Waals surface area contributed by atoms with Gasteiger partial charge in [-0.25, -0.2) is 4.79 Å². The smallest absolute Gasteiger partial charge is 0.328 e. The van der Waals surface area contributed by atoms with E-state index in [4.69, 9.17) is 19.8 Å². The molecule has 0 radical (unpaired) electrons. The standard InChI is InChI=1S/C15H16N2O5/c1-10(22-12-4-2-3-11(7-12)8-16)14(18)17-5-6-21-9-13(17)15(19)20/h2-4,7,10,13H,5-6,9H2,1H3,(H,19,20)/t10-,13+/m0/s1. The molecule has 2 atom stereocenters. The van der Waals surface area contributed by atoms with E-state index < -0.39 is 24.0 Å². The number of nitriles is 1. The number of morpholine rings is 1. The maximum absolute atomic E-state index is 12.4. The maximum Gasteiger partial charge on any atom is 0.328 e. The first kappa shape index (κ1) is 15.8. The highest BCUT2D eigenvalue weighted by atomic mass is 16.5. The van der Waals surface area contributed by atoms with E-state index in [0.717, 1.165) is 0 Å². The van der Waals surface area contributed by atoms with Gasteiger partial charge in [0.2, 0.25) is 0 Å². The summed E-state index contributed by atoms with van der Waals surface area (Å²) in [6.07, 6.45) is -0.853. The predicted molar refractivity (Wildman–Crippen MR) is 75.2 cm³/mol. The van der Waals surface area contributed by atoms with Crippen LogP contribution in [0.3, 0.4) is 0 Å². The Labute approximate surface area is 127 Å². The lowest BCUT2D eigenvalue weighted by atomic mass is 10.2. The van der Waals surface area contributed by atoms with Gasteiger partial charge >= 0.3 is 5.97 Å². The van der Waals surface area contributed by atoms with Crippen LogP contribution in [0, 0.1) is 11.3 Å². The molecule has 2 rings (SSSR count). The summed E-state index contributed by atoms with van der Waals surface area (Å²) in [7, 11) is 0. The van der Waals surface area contributed by atoms with Gasteiger partial charge in [-0.1, -0.05) is 6.07 Å². The van der Waals surface area contributed by atoms with Crippen LogP contribution in [0.1, 0.15) is 12.5 Å². The van der Waals surface area contributed by atoms with Crippen molar-refractivity contribution in [2.24, 2.45) is 0 Å². The fraction of sp³-hybridized carbons (Fsp3) is 0.400. The Morgan fingerprint density at radius 2 is 2.32 bits per heavy atom. The van der Waals surface area contributed by atoms with Crippen molar-refractivity contribution in [2.75, 3.05) is 19.8 Å². The number of hydrogen-bond acceptors (Lipinski definition) is 5. The fourth-order valence-electron chi connectivity index (χ4n) is 2.20. The van der Waals surface area contributed by atoms with Gasteiger partial charge in [-0.05, 0) is 25.1 Å². The lowest BCUT2D eigenvalue weighted by Crippen LogP contribution is -2.55. The number of carbonyl (C=O) groups excluding carboxylic acids is 1. The minimum Gasteiger partial charge on any atom is -0.481 e. The molecule has 1 fully saturated rings. The van der Waals surface area contributed by atoms with E-state index in [1.807, 2.05) is 6.07 Å². The van der Waals surface area contributed by atoms with Gasteiger partial charge in [0.15, 0.2) is 12.1 Å². The number of aliphatic carboxylic acids is 1. The number of benzene rings is 1. The third kappa shape index (κ3) is 3.54. The molecular formula is C15H16N2O5. The summed E-state index contributed by atoms with van der Waals surface area (Å²) in [5, 5.41) is 18.0. The van der Waals surface area contributed by atoms with Crippen LogP contribution >= 0.6 is 0 Å². The van der Waals surface area contributed by atoms with Gasteiger partial charge in [0, 0.05) is 6.54 Å². The second-order valence-electron chi connectivity index (χ2n) is 4.86. The first-order chi connectivity index (χ1) is 10.5. The van der Waals surface area contributed by atoms with E-state index in [1.54, 1.807) is 25.1 Å². The summed E-state index contributed by atoms with van der Waals surface area (Å²) in [6, 6.07) is 7.43. The van der Waals surface area contributed by atoms with Gasteiger partial charge in [0.25, 0.3) is 5.91 Å². The molecule has 1 saturated heterocycles. The molecule has 1 aliphatic heterocycles. The van der Waals surface area contributed by atoms with Crippen LogP contribution < -0.4 is 4.74 Å². The predicted octanol–water partition coefficient (Wildman–Crippen LogP) is 0.638. The lowest BCUT2D eigenvalue weighted by Gasteiger charge is -2.34. The molecule has 1 amide bonds. The zero-order valence-corrected chi connectivity index (χ0v) is 12.1. The minimum absolute atomic E-state index is 0.0300. The quantitative estimate of drug-likeness (QED) is 0.876. The number of carbonyl (C=O) groups is 2. The first-order valence-electron chi connectivity index (χ1n) is 6.80. The number of carboxylic acids is 1. The summed E-state index contributed by atoms with van der Waals surface area (Å²) in [6.45, 7) is 2.03. The number of carboxylic acid groups (broad SMARTS) is 1. The molecule has 7 heteroatoms. The highest BCUT2D eigenvalue weighted by molar-refractivity contribution is 5.86. The Hall–Kier alpha value is -2.59. The minimum atomic E-state index is -1.10. The van der Waals surface area contributed by atoms with Crippen LogP contribution in [-0.2, 0) is 14.3 Å². The number of rotatable bonds is 4. The molecule has 1 aromatic rings. The largest absolute Gasteiger partial charge is 0.481 e. The summed E-state index contributed by atoms with van der Waals surface area (Å²) >= 11 is 0. The van der Waals surface area contributed by atoms with Crippen molar-refractivity contribution in [1.82, 2.24) is 4.90 Å². The SMILES string of the molecule is C[C@H](Oc1cccc(C#N)c1)C(=O)N1CCOC[C@@H]1C(=O)O. The van der Waals surface area contributed by atoms with Gasteiger partial charge in [-0.15, -0.1) is 0 Å². The molecule has 0 bridgehead atoms. The number of nitrogens with zero attached hydrogens (tertiary/aromatic N) is 2. The average Bonchev–Trinajstić information content (AvgIpc) is 2.54. The van der Waals surface area contributed by atoms with E-state index in [2.05, 4.69) is 0 Å². The van der Waals surface area contributed by atoms with Crippen LogP contribution in [0.5, 0.6) is 5.75 Å². The Morgan fingerprint density at radius 3 is 3.00 bits per heavy atom. The molecule has 0 saturated carbocycles. The molecule has 0 spiro atoms. The molecule has 0 unspecified atom stereocenters. The third-order valence-corrected chi connectivity index (χ3v) is 3.32. The van der Waals surface area contributed by atoms with E-state index in [1.165, 1.54) is 11.0 Å². The molecule has 1 aliphatic rings. The lowest BCUT2D eigenvalue weighted by molar-refractivity contribution is -0.161.